The Kier molecular flexibility index (Phi) is 4.57. The Labute approximate surface area is 150 Å². The highest BCUT2D eigenvalue weighted by atomic mass is 19.1. The first-order valence-electron chi connectivity index (χ1n) is 8.94. The van der Waals surface area contributed by atoms with Crippen molar-refractivity contribution in [1.29, 1.82) is 0 Å². The average Bonchev–Trinajstić information content (AvgIpc) is 3.17. The molecular formula is C18H22F2N6. The number of guanidine groups is 1. The average molecular weight is 360 g/mol. The van der Waals surface area contributed by atoms with E-state index in [1.165, 1.54) is 24.5 Å². The first-order valence-corrected chi connectivity index (χ1v) is 8.94. The van der Waals surface area contributed by atoms with Gasteiger partial charge in [-0.15, -0.1) is 0 Å². The Morgan fingerprint density at radius 1 is 1.27 bits per heavy atom. The summed E-state index contributed by atoms with van der Waals surface area (Å²) in [6, 6.07) is 4.05. The summed E-state index contributed by atoms with van der Waals surface area (Å²) in [6.45, 7) is 1.72. The number of halogens is 2. The number of nitrogens with one attached hydrogen (secondary N) is 2. The first kappa shape index (κ1) is 16.9. The van der Waals surface area contributed by atoms with Gasteiger partial charge in [-0.2, -0.15) is 5.10 Å². The van der Waals surface area contributed by atoms with Gasteiger partial charge in [-0.1, -0.05) is 6.07 Å². The highest BCUT2D eigenvalue weighted by Gasteiger charge is 2.43. The van der Waals surface area contributed by atoms with E-state index < -0.39 is 11.6 Å². The van der Waals surface area contributed by atoms with Gasteiger partial charge in [0, 0.05) is 43.6 Å². The van der Waals surface area contributed by atoms with Crippen molar-refractivity contribution in [3.8, 4) is 0 Å². The van der Waals surface area contributed by atoms with Gasteiger partial charge in [-0.3, -0.25) is 10.1 Å². The number of piperidine rings is 1. The molecule has 26 heavy (non-hydrogen) atoms. The first-order chi connectivity index (χ1) is 12.7. The summed E-state index contributed by atoms with van der Waals surface area (Å²) < 4.78 is 27.9. The van der Waals surface area contributed by atoms with Crippen molar-refractivity contribution < 1.29 is 8.78 Å². The Balaban J connectivity index is 1.35. The van der Waals surface area contributed by atoms with E-state index in [0.717, 1.165) is 37.7 Å². The van der Waals surface area contributed by atoms with Crippen LogP contribution in [0.2, 0.25) is 0 Å². The van der Waals surface area contributed by atoms with Gasteiger partial charge in [0.1, 0.15) is 23.8 Å². The van der Waals surface area contributed by atoms with Crippen molar-refractivity contribution in [2.24, 2.45) is 4.99 Å². The number of aromatic nitrogens is 3. The fraction of sp³-hybridized carbons (Fsp3) is 0.500. The molecule has 0 bridgehead atoms. The SMILES string of the molecule is CN=C(NC1CC1c1c(F)cccc1F)N1CCC(c2ncn[nH]2)CC1. The lowest BCUT2D eigenvalue weighted by Crippen LogP contribution is -2.46. The van der Waals surface area contributed by atoms with E-state index in [9.17, 15) is 8.78 Å². The molecule has 1 aliphatic heterocycles. The smallest absolute Gasteiger partial charge is 0.193 e. The number of nitrogens with zero attached hydrogens (tertiary/aromatic N) is 4. The van der Waals surface area contributed by atoms with Crippen LogP contribution in [0.3, 0.4) is 0 Å². The molecule has 1 aliphatic carbocycles. The van der Waals surface area contributed by atoms with E-state index in [1.54, 1.807) is 7.05 Å². The molecule has 0 amide bonds. The third-order valence-electron chi connectivity index (χ3n) is 5.30. The summed E-state index contributed by atoms with van der Waals surface area (Å²) in [6.07, 6.45) is 4.18. The maximum absolute atomic E-state index is 13.9. The van der Waals surface area contributed by atoms with Gasteiger partial charge in [0.15, 0.2) is 5.96 Å². The summed E-state index contributed by atoms with van der Waals surface area (Å²) in [5, 5.41) is 10.2. The van der Waals surface area contributed by atoms with Gasteiger partial charge >= 0.3 is 0 Å². The van der Waals surface area contributed by atoms with Gasteiger partial charge < -0.3 is 10.2 Å². The van der Waals surface area contributed by atoms with Crippen molar-refractivity contribution in [1.82, 2.24) is 25.4 Å². The number of aliphatic imine (C=N–C) groups is 1. The van der Waals surface area contributed by atoms with Crippen LogP contribution < -0.4 is 5.32 Å². The molecule has 0 spiro atoms. The molecule has 2 unspecified atom stereocenters. The summed E-state index contributed by atoms with van der Waals surface area (Å²) >= 11 is 0. The lowest BCUT2D eigenvalue weighted by Gasteiger charge is -2.33. The predicted molar refractivity (Wildman–Crippen MR) is 93.9 cm³/mol. The molecule has 8 heteroatoms. The number of benzene rings is 1. The van der Waals surface area contributed by atoms with Gasteiger partial charge in [-0.25, -0.2) is 13.8 Å². The maximum Gasteiger partial charge on any atom is 0.193 e. The van der Waals surface area contributed by atoms with E-state index in [0.29, 0.717) is 12.3 Å². The van der Waals surface area contributed by atoms with Crippen LogP contribution in [0, 0.1) is 11.6 Å². The number of hydrogen-bond donors (Lipinski definition) is 2. The van der Waals surface area contributed by atoms with Gasteiger partial charge in [-0.05, 0) is 31.4 Å². The molecule has 1 aromatic carbocycles. The zero-order valence-corrected chi connectivity index (χ0v) is 14.6. The van der Waals surface area contributed by atoms with E-state index in [4.69, 9.17) is 0 Å². The van der Waals surface area contributed by atoms with Gasteiger partial charge in [0.05, 0.1) is 0 Å². The molecule has 1 aromatic heterocycles. The summed E-state index contributed by atoms with van der Waals surface area (Å²) in [5.41, 5.74) is 0.185. The molecular weight excluding hydrogens is 338 g/mol. The minimum absolute atomic E-state index is 0.0205. The van der Waals surface area contributed by atoms with Crippen LogP contribution in [0.5, 0.6) is 0 Å². The molecule has 2 N–H and O–H groups in total. The maximum atomic E-state index is 13.9. The van der Waals surface area contributed by atoms with E-state index in [1.807, 2.05) is 0 Å². The van der Waals surface area contributed by atoms with Crippen LogP contribution in [-0.4, -0.2) is 52.2 Å². The summed E-state index contributed by atoms with van der Waals surface area (Å²) in [4.78, 5) is 10.8. The largest absolute Gasteiger partial charge is 0.353 e. The second kappa shape index (κ2) is 7.01. The van der Waals surface area contributed by atoms with Gasteiger partial charge in [0.2, 0.25) is 0 Å². The van der Waals surface area contributed by atoms with Gasteiger partial charge in [0.25, 0.3) is 0 Å². The molecule has 1 saturated carbocycles. The molecule has 2 aliphatic rings. The van der Waals surface area contributed by atoms with Crippen molar-refractivity contribution in [2.75, 3.05) is 20.1 Å². The molecule has 2 fully saturated rings. The second-order valence-electron chi connectivity index (χ2n) is 6.91. The molecule has 2 atom stereocenters. The standard InChI is InChI=1S/C18H22F2N6/c1-21-18(26-7-5-11(6-8-26)17-22-10-23-25-17)24-15-9-12(15)16-13(19)3-2-4-14(16)20/h2-4,10-12,15H,5-9H2,1H3,(H,21,24)(H,22,23,25). The van der Waals surface area contributed by atoms with Crippen LogP contribution in [-0.2, 0) is 0 Å². The Hall–Kier alpha value is -2.51. The Bertz CT molecular complexity index is 763. The summed E-state index contributed by atoms with van der Waals surface area (Å²) in [7, 11) is 1.74. The Morgan fingerprint density at radius 2 is 2.00 bits per heavy atom. The van der Waals surface area contributed by atoms with Crippen molar-refractivity contribution in [3.63, 3.8) is 0 Å². The minimum atomic E-state index is -0.470. The van der Waals surface area contributed by atoms with Crippen molar-refractivity contribution >= 4 is 5.96 Å². The second-order valence-corrected chi connectivity index (χ2v) is 6.91. The number of H-pyrrole nitrogens is 1. The number of rotatable bonds is 3. The third-order valence-corrected chi connectivity index (χ3v) is 5.30. The number of aromatic amines is 1. The van der Waals surface area contributed by atoms with E-state index in [-0.39, 0.29) is 17.5 Å². The van der Waals surface area contributed by atoms with Crippen molar-refractivity contribution in [2.45, 2.75) is 37.1 Å². The predicted octanol–water partition coefficient (Wildman–Crippen LogP) is 2.39. The van der Waals surface area contributed by atoms with E-state index >= 15 is 0 Å². The van der Waals surface area contributed by atoms with Crippen LogP contribution >= 0.6 is 0 Å². The van der Waals surface area contributed by atoms with Crippen molar-refractivity contribution in [3.05, 3.63) is 47.5 Å². The van der Waals surface area contributed by atoms with Crippen LogP contribution in [0.4, 0.5) is 8.78 Å². The lowest BCUT2D eigenvalue weighted by atomic mass is 9.96. The fourth-order valence-corrected chi connectivity index (χ4v) is 3.78. The molecule has 6 nitrogen and oxygen atoms in total. The molecule has 0 radical (unpaired) electrons. The van der Waals surface area contributed by atoms with Crippen LogP contribution in [0.25, 0.3) is 0 Å². The number of hydrogen-bond acceptors (Lipinski definition) is 3. The zero-order chi connectivity index (χ0) is 18.1. The van der Waals surface area contributed by atoms with Crippen LogP contribution in [0.1, 0.15) is 42.5 Å². The highest BCUT2D eigenvalue weighted by Crippen LogP contribution is 2.43. The molecule has 2 heterocycles. The quantitative estimate of drug-likeness (QED) is 0.651. The Morgan fingerprint density at radius 3 is 2.62 bits per heavy atom. The van der Waals surface area contributed by atoms with E-state index in [2.05, 4.69) is 30.4 Å². The zero-order valence-electron chi connectivity index (χ0n) is 14.6. The minimum Gasteiger partial charge on any atom is -0.353 e. The topological polar surface area (TPSA) is 69.2 Å². The fourth-order valence-electron chi connectivity index (χ4n) is 3.78. The summed E-state index contributed by atoms with van der Waals surface area (Å²) in [5.74, 6) is 1.03. The highest BCUT2D eigenvalue weighted by molar-refractivity contribution is 5.80. The molecule has 1 saturated heterocycles. The third kappa shape index (κ3) is 3.27. The van der Waals surface area contributed by atoms with Crippen LogP contribution in [0.15, 0.2) is 29.5 Å². The molecule has 4 rings (SSSR count). The monoisotopic (exact) mass is 360 g/mol. The normalized spacial score (nSPS) is 24.0. The number of likely N-dealkylation sites (tertiary alicyclic amines) is 1. The molecule has 2 aromatic rings. The molecule has 138 valence electrons. The lowest BCUT2D eigenvalue weighted by molar-refractivity contribution is 0.298.